The third-order valence-corrected chi connectivity index (χ3v) is 4.61. The predicted octanol–water partition coefficient (Wildman–Crippen LogP) is 3.89. The normalized spacial score (nSPS) is 14.7. The van der Waals surface area contributed by atoms with Crippen LogP contribution in [0.5, 0.6) is 5.75 Å². The van der Waals surface area contributed by atoms with Gasteiger partial charge in [0.2, 0.25) is 0 Å². The summed E-state index contributed by atoms with van der Waals surface area (Å²) in [6.07, 6.45) is 2.98. The van der Waals surface area contributed by atoms with Gasteiger partial charge >= 0.3 is 5.97 Å². The fraction of sp³-hybridized carbons (Fsp3) is 0.158. The Morgan fingerprint density at radius 2 is 1.96 bits per heavy atom. The van der Waals surface area contributed by atoms with E-state index in [1.165, 1.54) is 16.7 Å². The van der Waals surface area contributed by atoms with Crippen molar-refractivity contribution in [2.75, 3.05) is 17.8 Å². The summed E-state index contributed by atoms with van der Waals surface area (Å²) in [5.41, 5.74) is 2.13. The number of hydrogen-bond donors (Lipinski definition) is 1. The molecule has 2 aromatic rings. The lowest BCUT2D eigenvalue weighted by atomic mass is 10.1. The topological polar surface area (TPSA) is 66.8 Å². The van der Waals surface area contributed by atoms with E-state index in [-0.39, 0.29) is 5.91 Å². The Hall–Kier alpha value is -2.73. The number of benzene rings is 2. The first kappa shape index (κ1) is 17.1. The molecular formula is C19H17NO4S. The molecule has 1 aliphatic rings. The van der Waals surface area contributed by atoms with E-state index in [1.54, 1.807) is 36.4 Å². The van der Waals surface area contributed by atoms with Crippen LogP contribution in [-0.4, -0.2) is 29.8 Å². The number of carboxylic acid groups (broad SMARTS) is 1. The molecule has 0 aromatic heterocycles. The lowest BCUT2D eigenvalue weighted by molar-refractivity contribution is -0.131. The minimum absolute atomic E-state index is 0.234. The van der Waals surface area contributed by atoms with Crippen molar-refractivity contribution in [1.82, 2.24) is 0 Å². The zero-order chi connectivity index (χ0) is 18.0. The molecule has 1 N–H and O–H groups in total. The second-order valence-corrected chi connectivity index (χ2v) is 6.17. The molecule has 0 saturated heterocycles. The van der Waals surface area contributed by atoms with Gasteiger partial charge in [-0.2, -0.15) is 0 Å². The smallest absolute Gasteiger partial charge is 0.330 e. The first-order chi connectivity index (χ1) is 12.1. The van der Waals surface area contributed by atoms with Crippen molar-refractivity contribution in [2.24, 2.45) is 0 Å². The van der Waals surface area contributed by atoms with Crippen LogP contribution in [0.25, 0.3) is 5.70 Å². The van der Waals surface area contributed by atoms with E-state index >= 15 is 0 Å². The third kappa shape index (κ3) is 3.13. The summed E-state index contributed by atoms with van der Waals surface area (Å²) in [4.78, 5) is 26.5. The molecule has 0 spiro atoms. The Morgan fingerprint density at radius 1 is 1.24 bits per heavy atom. The molecule has 0 unspecified atom stereocenters. The van der Waals surface area contributed by atoms with E-state index < -0.39 is 5.97 Å². The van der Waals surface area contributed by atoms with Crippen molar-refractivity contribution in [3.63, 3.8) is 0 Å². The van der Waals surface area contributed by atoms with Crippen molar-refractivity contribution < 1.29 is 19.4 Å². The lowest BCUT2D eigenvalue weighted by Gasteiger charge is -2.21. The summed E-state index contributed by atoms with van der Waals surface area (Å²) in [6, 6.07) is 12.5. The van der Waals surface area contributed by atoms with Gasteiger partial charge in [0.25, 0.3) is 5.91 Å². The van der Waals surface area contributed by atoms with E-state index in [0.29, 0.717) is 34.9 Å². The van der Waals surface area contributed by atoms with E-state index in [4.69, 9.17) is 4.74 Å². The number of ether oxygens (including phenoxy) is 1. The summed E-state index contributed by atoms with van der Waals surface area (Å²) in [5.74, 6) is -0.618. The number of amides is 1. The minimum atomic E-state index is -1.10. The van der Waals surface area contributed by atoms with E-state index in [9.17, 15) is 14.7 Å². The van der Waals surface area contributed by atoms with Gasteiger partial charge in [-0.15, -0.1) is 11.8 Å². The molecule has 0 bridgehead atoms. The molecule has 6 heteroatoms. The number of carbonyl (C=O) groups is 2. The predicted molar refractivity (Wildman–Crippen MR) is 98.3 cm³/mol. The van der Waals surface area contributed by atoms with Gasteiger partial charge in [0.1, 0.15) is 5.75 Å². The number of aliphatic carboxylic acids is 1. The van der Waals surface area contributed by atoms with E-state index in [2.05, 4.69) is 0 Å². The molecule has 1 aliphatic heterocycles. The van der Waals surface area contributed by atoms with Crippen molar-refractivity contribution >= 4 is 35.0 Å². The SMILES string of the molecule is CCOc1ccc(N2C(=O)c3ccccc3C2=CC(=O)O)c(SC)c1. The molecule has 0 atom stereocenters. The number of rotatable bonds is 5. The van der Waals surface area contributed by atoms with Gasteiger partial charge in [-0.3, -0.25) is 9.69 Å². The number of hydrogen-bond acceptors (Lipinski definition) is 4. The van der Waals surface area contributed by atoms with Crippen molar-refractivity contribution in [2.45, 2.75) is 11.8 Å². The van der Waals surface area contributed by atoms with Crippen LogP contribution in [-0.2, 0) is 4.79 Å². The maximum absolute atomic E-state index is 12.9. The maximum Gasteiger partial charge on any atom is 0.330 e. The molecule has 1 amide bonds. The van der Waals surface area contributed by atoms with Crippen LogP contribution in [0.4, 0.5) is 5.69 Å². The standard InChI is InChI=1S/C19H17NO4S/c1-3-24-12-8-9-15(17(10-12)25-2)20-16(11-18(21)22)13-6-4-5-7-14(13)19(20)23/h4-11H,3H2,1-2H3,(H,21,22). The summed E-state index contributed by atoms with van der Waals surface area (Å²) >= 11 is 1.48. The van der Waals surface area contributed by atoms with Gasteiger partial charge in [0.05, 0.1) is 18.0 Å². The van der Waals surface area contributed by atoms with Gasteiger partial charge in [-0.05, 0) is 37.4 Å². The summed E-state index contributed by atoms with van der Waals surface area (Å²) in [6.45, 7) is 2.45. The average Bonchev–Trinajstić information content (AvgIpc) is 2.87. The molecule has 3 rings (SSSR count). The maximum atomic E-state index is 12.9. The monoisotopic (exact) mass is 355 g/mol. The second kappa shape index (κ2) is 7.03. The van der Waals surface area contributed by atoms with Gasteiger partial charge in [-0.1, -0.05) is 18.2 Å². The Morgan fingerprint density at radius 3 is 2.60 bits per heavy atom. The van der Waals surface area contributed by atoms with Crippen molar-refractivity contribution in [1.29, 1.82) is 0 Å². The van der Waals surface area contributed by atoms with Crippen LogP contribution in [0, 0.1) is 0 Å². The van der Waals surface area contributed by atoms with Gasteiger partial charge in [0.15, 0.2) is 0 Å². The third-order valence-electron chi connectivity index (χ3n) is 3.84. The highest BCUT2D eigenvalue weighted by Gasteiger charge is 2.34. The molecule has 2 aromatic carbocycles. The van der Waals surface area contributed by atoms with Crippen LogP contribution < -0.4 is 9.64 Å². The Balaban J connectivity index is 2.16. The fourth-order valence-electron chi connectivity index (χ4n) is 2.84. The summed E-state index contributed by atoms with van der Waals surface area (Å²) in [5, 5.41) is 9.25. The van der Waals surface area contributed by atoms with E-state index in [0.717, 1.165) is 11.0 Å². The van der Waals surface area contributed by atoms with Crippen LogP contribution in [0.2, 0.25) is 0 Å². The molecule has 0 radical (unpaired) electrons. The molecule has 25 heavy (non-hydrogen) atoms. The number of fused-ring (bicyclic) bond motifs is 1. The Labute approximate surface area is 149 Å². The van der Waals surface area contributed by atoms with Crippen molar-refractivity contribution in [3.05, 3.63) is 59.7 Å². The molecule has 128 valence electrons. The van der Waals surface area contributed by atoms with Crippen LogP contribution in [0.1, 0.15) is 22.8 Å². The highest BCUT2D eigenvalue weighted by atomic mass is 32.2. The second-order valence-electron chi connectivity index (χ2n) is 5.32. The highest BCUT2D eigenvalue weighted by molar-refractivity contribution is 7.98. The van der Waals surface area contributed by atoms with Crippen molar-refractivity contribution in [3.8, 4) is 5.75 Å². The fourth-order valence-corrected chi connectivity index (χ4v) is 3.44. The van der Waals surface area contributed by atoms with E-state index in [1.807, 2.05) is 19.2 Å². The lowest BCUT2D eigenvalue weighted by Crippen LogP contribution is -2.23. The van der Waals surface area contributed by atoms with Crippen LogP contribution >= 0.6 is 11.8 Å². The Bertz CT molecular complexity index is 875. The first-order valence-electron chi connectivity index (χ1n) is 7.76. The molecular weight excluding hydrogens is 338 g/mol. The molecule has 0 aliphatic carbocycles. The molecule has 1 heterocycles. The average molecular weight is 355 g/mol. The quantitative estimate of drug-likeness (QED) is 0.651. The number of carbonyl (C=O) groups excluding carboxylic acids is 1. The number of carboxylic acids is 1. The van der Waals surface area contributed by atoms with Gasteiger partial charge < -0.3 is 9.84 Å². The summed E-state index contributed by atoms with van der Waals surface area (Å²) < 4.78 is 5.52. The first-order valence-corrected chi connectivity index (χ1v) is 8.98. The molecule has 0 saturated carbocycles. The Kier molecular flexibility index (Phi) is 4.81. The zero-order valence-corrected chi connectivity index (χ0v) is 14.7. The molecule has 0 fully saturated rings. The van der Waals surface area contributed by atoms with Crippen LogP contribution in [0.15, 0.2) is 53.4 Å². The number of thioether (sulfide) groups is 1. The number of nitrogens with zero attached hydrogens (tertiary/aromatic N) is 1. The van der Waals surface area contributed by atoms with Gasteiger partial charge in [0, 0.05) is 22.1 Å². The van der Waals surface area contributed by atoms with Crippen LogP contribution in [0.3, 0.4) is 0 Å². The van der Waals surface area contributed by atoms with Gasteiger partial charge in [-0.25, -0.2) is 4.79 Å². The molecule has 5 nitrogen and oxygen atoms in total. The minimum Gasteiger partial charge on any atom is -0.494 e. The zero-order valence-electron chi connectivity index (χ0n) is 13.9. The summed E-state index contributed by atoms with van der Waals surface area (Å²) in [7, 11) is 0. The largest absolute Gasteiger partial charge is 0.494 e. The highest BCUT2D eigenvalue weighted by Crippen LogP contribution is 2.41. The number of anilines is 1.